The highest BCUT2D eigenvalue weighted by Gasteiger charge is 2.26. The molecule has 0 spiro atoms. The average molecular weight is 730 g/mol. The van der Waals surface area contributed by atoms with Crippen molar-refractivity contribution in [1.29, 1.82) is 0 Å². The third-order valence-corrected chi connectivity index (χ3v) is 9.56. The van der Waals surface area contributed by atoms with E-state index in [2.05, 4.69) is 43.5 Å². The second-order valence-electron chi connectivity index (χ2n) is 13.5. The first-order valence-electron chi connectivity index (χ1n) is 20.3. The van der Waals surface area contributed by atoms with Gasteiger partial charge in [0.2, 0.25) is 0 Å². The number of likely N-dealkylation sites (N-methyl/N-ethyl adjacent to an activating group) is 1. The Labute approximate surface area is 306 Å². The van der Waals surface area contributed by atoms with E-state index in [1.165, 1.54) is 96.3 Å². The van der Waals surface area contributed by atoms with Gasteiger partial charge in [-0.3, -0.25) is 18.6 Å². The Bertz CT molecular complexity index is 881. The second kappa shape index (κ2) is 37.3. The Hall–Kier alpha value is -1.51. The van der Waals surface area contributed by atoms with Crippen molar-refractivity contribution in [1.82, 2.24) is 5.32 Å². The zero-order valence-corrected chi connectivity index (χ0v) is 33.2. The Morgan fingerprint density at radius 2 is 1.08 bits per heavy atom. The Balaban J connectivity index is 4.25. The molecule has 0 aromatic heterocycles. The van der Waals surface area contributed by atoms with Crippen LogP contribution in [0.5, 0.6) is 0 Å². The molecule has 0 fully saturated rings. The van der Waals surface area contributed by atoms with Crippen LogP contribution in [0.25, 0.3) is 0 Å². The van der Waals surface area contributed by atoms with Crippen LogP contribution in [0.4, 0.5) is 0 Å². The van der Waals surface area contributed by atoms with Gasteiger partial charge in [-0.25, -0.2) is 4.57 Å². The van der Waals surface area contributed by atoms with Gasteiger partial charge in [0.15, 0.2) is 6.10 Å². The molecule has 0 rings (SSSR count). The molecule has 0 aromatic rings. The van der Waals surface area contributed by atoms with Gasteiger partial charge in [-0.1, -0.05) is 147 Å². The van der Waals surface area contributed by atoms with Gasteiger partial charge in [0.1, 0.15) is 6.61 Å². The lowest BCUT2D eigenvalue weighted by molar-refractivity contribution is -0.161. The fourth-order valence-corrected chi connectivity index (χ4v) is 6.22. The summed E-state index contributed by atoms with van der Waals surface area (Å²) in [6.07, 6.45) is 36.4. The summed E-state index contributed by atoms with van der Waals surface area (Å²) in [4.78, 5) is 34.9. The first kappa shape index (κ1) is 48.5. The quantitative estimate of drug-likeness (QED) is 0.0277. The predicted molar refractivity (Wildman–Crippen MR) is 206 cm³/mol. The number of unbranched alkanes of at least 4 members (excludes halogenated alkanes) is 20. The number of hydrogen-bond donors (Lipinski definition) is 2. The van der Waals surface area contributed by atoms with Gasteiger partial charge < -0.3 is 19.7 Å². The lowest BCUT2D eigenvalue weighted by Gasteiger charge is -2.20. The Morgan fingerprint density at radius 1 is 0.620 bits per heavy atom. The molecule has 0 amide bonds. The molecule has 0 aliphatic rings. The van der Waals surface area contributed by atoms with Gasteiger partial charge in [0.05, 0.1) is 13.2 Å². The molecule has 0 heterocycles. The number of carbonyl (C=O) groups is 2. The Kier molecular flexibility index (Phi) is 36.1. The summed E-state index contributed by atoms with van der Waals surface area (Å²) in [7, 11) is -2.64. The number of esters is 2. The number of allylic oxidation sites excluding steroid dienone is 4. The van der Waals surface area contributed by atoms with Crippen molar-refractivity contribution in [2.24, 2.45) is 0 Å². The van der Waals surface area contributed by atoms with Crippen molar-refractivity contribution < 1.29 is 37.6 Å². The van der Waals surface area contributed by atoms with E-state index in [1.54, 1.807) is 7.05 Å². The fourth-order valence-electron chi connectivity index (χ4n) is 5.46. The van der Waals surface area contributed by atoms with Gasteiger partial charge >= 0.3 is 19.8 Å². The average Bonchev–Trinajstić information content (AvgIpc) is 3.09. The second-order valence-corrected chi connectivity index (χ2v) is 14.9. The summed E-state index contributed by atoms with van der Waals surface area (Å²) in [6.45, 7) is 4.18. The molecular formula is C40H76NO8P. The highest BCUT2D eigenvalue weighted by Crippen LogP contribution is 2.43. The number of phosphoric ester groups is 1. The van der Waals surface area contributed by atoms with E-state index in [-0.39, 0.29) is 32.0 Å². The maximum Gasteiger partial charge on any atom is 0.472 e. The van der Waals surface area contributed by atoms with Crippen molar-refractivity contribution in [2.45, 2.75) is 187 Å². The SMILES string of the molecule is CCCCC/C=C\C/C=C\CCCCCCCCCC(=O)OC(COC(=O)CCCCCCCCCCCCC)COP(=O)(O)OCCNC. The molecule has 2 unspecified atom stereocenters. The lowest BCUT2D eigenvalue weighted by atomic mass is 10.1. The molecule has 50 heavy (non-hydrogen) atoms. The molecule has 9 nitrogen and oxygen atoms in total. The summed E-state index contributed by atoms with van der Waals surface area (Å²) >= 11 is 0. The third-order valence-electron chi connectivity index (χ3n) is 8.57. The Morgan fingerprint density at radius 3 is 1.62 bits per heavy atom. The molecule has 0 aromatic carbocycles. The topological polar surface area (TPSA) is 120 Å². The smallest absolute Gasteiger partial charge is 0.462 e. The minimum atomic E-state index is -4.34. The number of hydrogen-bond acceptors (Lipinski definition) is 8. The van der Waals surface area contributed by atoms with Crippen molar-refractivity contribution >= 4 is 19.8 Å². The van der Waals surface area contributed by atoms with Crippen molar-refractivity contribution in [3.8, 4) is 0 Å². The van der Waals surface area contributed by atoms with Crippen LogP contribution >= 0.6 is 7.82 Å². The van der Waals surface area contributed by atoms with Crippen LogP contribution in [-0.2, 0) is 32.7 Å². The molecule has 294 valence electrons. The molecule has 10 heteroatoms. The van der Waals surface area contributed by atoms with Gasteiger partial charge in [-0.2, -0.15) is 0 Å². The fraction of sp³-hybridized carbons (Fsp3) is 0.850. The van der Waals surface area contributed by atoms with E-state index in [1.807, 2.05) is 0 Å². The highest BCUT2D eigenvalue weighted by molar-refractivity contribution is 7.47. The molecule has 0 bridgehead atoms. The monoisotopic (exact) mass is 730 g/mol. The molecule has 2 atom stereocenters. The summed E-state index contributed by atoms with van der Waals surface area (Å²) in [5.74, 6) is -0.813. The zero-order chi connectivity index (χ0) is 36.8. The van der Waals surface area contributed by atoms with Crippen LogP contribution < -0.4 is 5.32 Å². The molecule has 2 N–H and O–H groups in total. The largest absolute Gasteiger partial charge is 0.472 e. The molecule has 0 saturated carbocycles. The van der Waals surface area contributed by atoms with Crippen LogP contribution in [0.1, 0.15) is 181 Å². The third kappa shape index (κ3) is 36.3. The van der Waals surface area contributed by atoms with E-state index in [0.29, 0.717) is 13.0 Å². The van der Waals surface area contributed by atoms with Crippen LogP contribution in [0, 0.1) is 0 Å². The van der Waals surface area contributed by atoms with Crippen LogP contribution in [0.3, 0.4) is 0 Å². The summed E-state index contributed by atoms with van der Waals surface area (Å²) in [5, 5.41) is 2.82. The first-order chi connectivity index (χ1) is 24.3. The zero-order valence-electron chi connectivity index (χ0n) is 32.4. The molecule has 0 saturated heterocycles. The molecular weight excluding hydrogens is 653 g/mol. The van der Waals surface area contributed by atoms with Gasteiger partial charge in [0.25, 0.3) is 0 Å². The van der Waals surface area contributed by atoms with Gasteiger partial charge in [0, 0.05) is 19.4 Å². The van der Waals surface area contributed by atoms with E-state index < -0.39 is 26.5 Å². The normalized spacial score (nSPS) is 13.6. The summed E-state index contributed by atoms with van der Waals surface area (Å²) in [5.41, 5.74) is 0. The number of ether oxygens (including phenoxy) is 2. The van der Waals surface area contributed by atoms with Gasteiger partial charge in [-0.05, 0) is 52.0 Å². The number of phosphoric acid groups is 1. The lowest BCUT2D eigenvalue weighted by Crippen LogP contribution is -2.29. The van der Waals surface area contributed by atoms with E-state index in [9.17, 15) is 19.0 Å². The minimum Gasteiger partial charge on any atom is -0.462 e. The predicted octanol–water partition coefficient (Wildman–Crippen LogP) is 11.1. The van der Waals surface area contributed by atoms with Crippen LogP contribution in [0.15, 0.2) is 24.3 Å². The maximum atomic E-state index is 12.6. The van der Waals surface area contributed by atoms with E-state index in [0.717, 1.165) is 51.4 Å². The van der Waals surface area contributed by atoms with Crippen LogP contribution in [-0.4, -0.2) is 56.3 Å². The van der Waals surface area contributed by atoms with Crippen molar-refractivity contribution in [3.05, 3.63) is 24.3 Å². The number of carbonyl (C=O) groups excluding carboxylic acids is 2. The number of rotatable bonds is 38. The standard InChI is InChI=1S/C40H76NO8P/c1-4-6-8-10-12-14-16-17-18-19-20-21-23-25-27-29-31-33-40(43)49-38(37-48-50(44,45)47-35-34-41-3)36-46-39(42)32-30-28-26-24-22-15-13-11-9-7-5-2/h12,14,17-18,38,41H,4-11,13,15-16,19-37H2,1-3H3,(H,44,45)/b14-12-,18-17-. The first-order valence-corrected chi connectivity index (χ1v) is 21.8. The van der Waals surface area contributed by atoms with Crippen LogP contribution in [0.2, 0.25) is 0 Å². The van der Waals surface area contributed by atoms with Crippen molar-refractivity contribution in [3.63, 3.8) is 0 Å². The molecule has 0 aliphatic heterocycles. The minimum absolute atomic E-state index is 0.0170. The summed E-state index contributed by atoms with van der Waals surface area (Å²) in [6, 6.07) is 0. The van der Waals surface area contributed by atoms with Crippen molar-refractivity contribution in [2.75, 3.05) is 33.4 Å². The van der Waals surface area contributed by atoms with E-state index >= 15 is 0 Å². The molecule has 0 aliphatic carbocycles. The summed E-state index contributed by atoms with van der Waals surface area (Å²) < 4.78 is 33.1. The van der Waals surface area contributed by atoms with Gasteiger partial charge in [-0.15, -0.1) is 0 Å². The maximum absolute atomic E-state index is 12.6. The number of nitrogens with one attached hydrogen (secondary N) is 1. The molecule has 0 radical (unpaired) electrons. The van der Waals surface area contributed by atoms with E-state index in [4.69, 9.17) is 18.5 Å². The highest BCUT2D eigenvalue weighted by atomic mass is 31.2.